The fraction of sp³-hybridized carbons (Fsp3) is 0.222. The molecule has 0 radical (unpaired) electrons. The molecule has 0 aliphatic heterocycles. The molecule has 39 heavy (non-hydrogen) atoms. The summed E-state index contributed by atoms with van der Waals surface area (Å²) in [7, 11) is 4.63. The molecule has 4 rings (SSSR count). The van der Waals surface area contributed by atoms with Crippen LogP contribution >= 0.6 is 11.8 Å². The molecule has 0 saturated heterocycles. The molecule has 1 aromatic heterocycles. The fourth-order valence-electron chi connectivity index (χ4n) is 3.81. The summed E-state index contributed by atoms with van der Waals surface area (Å²) in [6.07, 6.45) is 0. The van der Waals surface area contributed by atoms with E-state index in [1.165, 1.54) is 38.1 Å². The van der Waals surface area contributed by atoms with Gasteiger partial charge in [0.1, 0.15) is 17.2 Å². The zero-order valence-electron chi connectivity index (χ0n) is 21.8. The van der Waals surface area contributed by atoms with Crippen molar-refractivity contribution in [3.63, 3.8) is 0 Å². The van der Waals surface area contributed by atoms with Gasteiger partial charge >= 0.3 is 0 Å². The second-order valence-electron chi connectivity index (χ2n) is 8.39. The number of hydrogen-bond donors (Lipinski definition) is 1. The molecule has 1 heterocycles. The molecule has 11 nitrogen and oxygen atoms in total. The first-order valence-corrected chi connectivity index (χ1v) is 12.8. The van der Waals surface area contributed by atoms with Gasteiger partial charge in [-0.1, -0.05) is 23.9 Å². The third kappa shape index (κ3) is 6.47. The number of thioether (sulfide) groups is 1. The van der Waals surface area contributed by atoms with Gasteiger partial charge in [0.2, 0.25) is 0 Å². The van der Waals surface area contributed by atoms with E-state index in [4.69, 9.17) is 14.2 Å². The summed E-state index contributed by atoms with van der Waals surface area (Å²) in [6, 6.07) is 18.1. The Balaban J connectivity index is 1.65. The number of benzene rings is 3. The third-order valence-electron chi connectivity index (χ3n) is 5.83. The van der Waals surface area contributed by atoms with Crippen LogP contribution in [0.3, 0.4) is 0 Å². The highest BCUT2D eigenvalue weighted by atomic mass is 32.2. The quantitative estimate of drug-likeness (QED) is 0.156. The van der Waals surface area contributed by atoms with Crippen molar-refractivity contribution in [2.24, 2.45) is 0 Å². The molecule has 1 unspecified atom stereocenters. The van der Waals surface area contributed by atoms with Crippen LogP contribution in [0.2, 0.25) is 0 Å². The van der Waals surface area contributed by atoms with Gasteiger partial charge < -0.3 is 19.5 Å². The SMILES string of the molecule is COc1cccc(CSc2nnc(C(C)NC(=O)c3cc(OC)cc(OC)c3)n2-c2ccc([N+](=O)[O-])cc2)c1. The van der Waals surface area contributed by atoms with E-state index < -0.39 is 11.0 Å². The molecule has 1 atom stereocenters. The minimum atomic E-state index is -0.566. The van der Waals surface area contributed by atoms with Crippen LogP contribution in [0.5, 0.6) is 17.2 Å². The Morgan fingerprint density at radius 1 is 0.974 bits per heavy atom. The highest BCUT2D eigenvalue weighted by molar-refractivity contribution is 7.98. The average molecular weight is 550 g/mol. The van der Waals surface area contributed by atoms with Crippen LogP contribution in [0.15, 0.2) is 71.9 Å². The first-order chi connectivity index (χ1) is 18.8. The molecule has 3 aromatic carbocycles. The summed E-state index contributed by atoms with van der Waals surface area (Å²) < 4.78 is 17.7. The van der Waals surface area contributed by atoms with Gasteiger partial charge in [0.15, 0.2) is 11.0 Å². The van der Waals surface area contributed by atoms with Crippen molar-refractivity contribution in [1.82, 2.24) is 20.1 Å². The summed E-state index contributed by atoms with van der Waals surface area (Å²) in [6.45, 7) is 1.79. The number of nitro groups is 1. The topological polar surface area (TPSA) is 131 Å². The van der Waals surface area contributed by atoms with E-state index in [0.29, 0.717) is 39.5 Å². The number of methoxy groups -OCH3 is 3. The van der Waals surface area contributed by atoms with Crippen LogP contribution in [0.25, 0.3) is 5.69 Å². The minimum absolute atomic E-state index is 0.0349. The molecule has 0 aliphatic carbocycles. The molecular formula is C27H27N5O6S. The van der Waals surface area contributed by atoms with E-state index in [-0.39, 0.29) is 11.6 Å². The Morgan fingerprint density at radius 3 is 2.26 bits per heavy atom. The Kier molecular flexibility index (Phi) is 8.67. The zero-order valence-corrected chi connectivity index (χ0v) is 22.6. The van der Waals surface area contributed by atoms with Crippen molar-refractivity contribution in [2.45, 2.75) is 23.9 Å². The second-order valence-corrected chi connectivity index (χ2v) is 9.33. The van der Waals surface area contributed by atoms with Gasteiger partial charge in [-0.3, -0.25) is 19.5 Å². The monoisotopic (exact) mass is 549 g/mol. The van der Waals surface area contributed by atoms with Crippen LogP contribution in [-0.4, -0.2) is 46.9 Å². The lowest BCUT2D eigenvalue weighted by Crippen LogP contribution is -2.28. The molecule has 12 heteroatoms. The first-order valence-electron chi connectivity index (χ1n) is 11.8. The first kappa shape index (κ1) is 27.5. The number of amides is 1. The molecule has 1 amide bonds. The predicted octanol–water partition coefficient (Wildman–Crippen LogP) is 4.98. The molecule has 0 saturated carbocycles. The molecule has 1 N–H and O–H groups in total. The Labute approximate surface area is 229 Å². The summed E-state index contributed by atoms with van der Waals surface area (Å²) in [5.74, 6) is 2.39. The van der Waals surface area contributed by atoms with Gasteiger partial charge in [0.05, 0.1) is 32.3 Å². The number of rotatable bonds is 11. The highest BCUT2D eigenvalue weighted by Gasteiger charge is 2.23. The largest absolute Gasteiger partial charge is 0.497 e. The van der Waals surface area contributed by atoms with Crippen molar-refractivity contribution in [3.05, 3.63) is 93.8 Å². The number of carbonyl (C=O) groups excluding carboxylic acids is 1. The molecule has 202 valence electrons. The maximum absolute atomic E-state index is 13.1. The number of carbonyl (C=O) groups is 1. The van der Waals surface area contributed by atoms with Gasteiger partial charge in [-0.15, -0.1) is 10.2 Å². The maximum atomic E-state index is 13.1. The molecule has 0 spiro atoms. The number of nitrogens with zero attached hydrogens (tertiary/aromatic N) is 4. The summed E-state index contributed by atoms with van der Waals surface area (Å²) in [4.78, 5) is 23.9. The zero-order chi connectivity index (χ0) is 27.9. The average Bonchev–Trinajstić information content (AvgIpc) is 3.40. The fourth-order valence-corrected chi connectivity index (χ4v) is 4.72. The molecule has 4 aromatic rings. The molecule has 0 aliphatic rings. The smallest absolute Gasteiger partial charge is 0.269 e. The molecule has 0 bridgehead atoms. The van der Waals surface area contributed by atoms with Crippen molar-refractivity contribution < 1.29 is 23.9 Å². The number of nitro benzene ring substituents is 1. The van der Waals surface area contributed by atoms with Crippen LogP contribution in [0.4, 0.5) is 5.69 Å². The number of aromatic nitrogens is 3. The van der Waals surface area contributed by atoms with E-state index >= 15 is 0 Å². The summed E-state index contributed by atoms with van der Waals surface area (Å²) in [5, 5.41) is 23.5. The van der Waals surface area contributed by atoms with Gasteiger partial charge in [0, 0.05) is 35.2 Å². The standard InChI is InChI=1S/C27H27N5O6S/c1-17(28-26(33)19-13-23(37-3)15-24(14-19)38-4)25-29-30-27(39-16-18-6-5-7-22(12-18)36-2)31(25)20-8-10-21(11-9-20)32(34)35/h5-15,17H,16H2,1-4H3,(H,28,33). The maximum Gasteiger partial charge on any atom is 0.269 e. The number of hydrogen-bond acceptors (Lipinski definition) is 9. The van der Waals surface area contributed by atoms with Gasteiger partial charge in [-0.2, -0.15) is 0 Å². The lowest BCUT2D eigenvalue weighted by molar-refractivity contribution is -0.384. The predicted molar refractivity (Wildman–Crippen MR) is 146 cm³/mol. The van der Waals surface area contributed by atoms with E-state index in [9.17, 15) is 14.9 Å². The van der Waals surface area contributed by atoms with Gasteiger partial charge in [-0.05, 0) is 48.9 Å². The number of non-ortho nitro benzene ring substituents is 1. The highest BCUT2D eigenvalue weighted by Crippen LogP contribution is 2.30. The van der Waals surface area contributed by atoms with E-state index in [2.05, 4.69) is 15.5 Å². The number of ether oxygens (including phenoxy) is 3. The minimum Gasteiger partial charge on any atom is -0.497 e. The Morgan fingerprint density at radius 2 is 1.64 bits per heavy atom. The van der Waals surface area contributed by atoms with Gasteiger partial charge in [-0.25, -0.2) is 0 Å². The third-order valence-corrected chi connectivity index (χ3v) is 6.83. The second kappa shape index (κ2) is 12.3. The van der Waals surface area contributed by atoms with E-state index in [1.54, 1.807) is 48.9 Å². The Hall–Kier alpha value is -4.58. The van der Waals surface area contributed by atoms with E-state index in [1.807, 2.05) is 24.3 Å². The van der Waals surface area contributed by atoms with Crippen molar-refractivity contribution in [3.8, 4) is 22.9 Å². The lowest BCUT2D eigenvalue weighted by atomic mass is 10.1. The molecule has 0 fully saturated rings. The van der Waals surface area contributed by atoms with Crippen molar-refractivity contribution in [2.75, 3.05) is 21.3 Å². The summed E-state index contributed by atoms with van der Waals surface area (Å²) in [5.41, 5.74) is 1.96. The van der Waals surface area contributed by atoms with Crippen molar-refractivity contribution in [1.29, 1.82) is 0 Å². The van der Waals surface area contributed by atoms with Crippen LogP contribution < -0.4 is 19.5 Å². The van der Waals surface area contributed by atoms with E-state index in [0.717, 1.165) is 11.3 Å². The van der Waals surface area contributed by atoms with Crippen LogP contribution in [0, 0.1) is 10.1 Å². The van der Waals surface area contributed by atoms with Gasteiger partial charge in [0.25, 0.3) is 11.6 Å². The van der Waals surface area contributed by atoms with Crippen LogP contribution in [0.1, 0.15) is 34.7 Å². The van der Waals surface area contributed by atoms with Crippen molar-refractivity contribution >= 4 is 23.4 Å². The van der Waals surface area contributed by atoms with Crippen LogP contribution in [-0.2, 0) is 5.75 Å². The Bertz CT molecular complexity index is 1450. The summed E-state index contributed by atoms with van der Waals surface area (Å²) >= 11 is 1.44. The lowest BCUT2D eigenvalue weighted by Gasteiger charge is -2.17. The molecular weight excluding hydrogens is 522 g/mol. The normalized spacial score (nSPS) is 11.5. The number of nitrogens with one attached hydrogen (secondary N) is 1.